The lowest BCUT2D eigenvalue weighted by molar-refractivity contribution is 0.400. The van der Waals surface area contributed by atoms with Crippen molar-refractivity contribution in [2.45, 2.75) is 38.1 Å². The summed E-state index contributed by atoms with van der Waals surface area (Å²) in [5.74, 6) is 2.63. The molecule has 4 nitrogen and oxygen atoms in total. The van der Waals surface area contributed by atoms with Gasteiger partial charge in [0.15, 0.2) is 11.6 Å². The minimum atomic E-state index is 0.766. The zero-order valence-corrected chi connectivity index (χ0v) is 11.6. The van der Waals surface area contributed by atoms with Crippen LogP contribution in [-0.2, 0) is 0 Å². The number of rotatable bonds is 8. The maximum absolute atomic E-state index is 5.40. The molecule has 1 N–H and O–H groups in total. The predicted molar refractivity (Wildman–Crippen MR) is 73.0 cm³/mol. The van der Waals surface area contributed by atoms with Crippen LogP contribution in [0.15, 0.2) is 11.4 Å². The summed E-state index contributed by atoms with van der Waals surface area (Å²) >= 11 is 1.73. The van der Waals surface area contributed by atoms with Crippen LogP contribution in [0.4, 0.5) is 5.82 Å². The molecule has 0 unspecified atom stereocenters. The molecule has 1 rings (SSSR count). The van der Waals surface area contributed by atoms with Crippen LogP contribution in [0.2, 0.25) is 0 Å². The molecule has 1 aromatic heterocycles. The van der Waals surface area contributed by atoms with Gasteiger partial charge in [-0.15, -0.1) is 11.8 Å². The minimum absolute atomic E-state index is 0.766. The van der Waals surface area contributed by atoms with E-state index in [1.54, 1.807) is 25.2 Å². The first-order valence-electron chi connectivity index (χ1n) is 6.09. The first-order valence-corrected chi connectivity index (χ1v) is 7.07. The molecule has 0 aliphatic rings. The largest absolute Gasteiger partial charge is 0.490 e. The normalized spacial score (nSPS) is 10.3. The van der Waals surface area contributed by atoms with E-state index in [4.69, 9.17) is 4.74 Å². The van der Waals surface area contributed by atoms with E-state index >= 15 is 0 Å². The Hall–Kier alpha value is -0.970. The number of thioether (sulfide) groups is 1. The highest BCUT2D eigenvalue weighted by atomic mass is 32.2. The van der Waals surface area contributed by atoms with Gasteiger partial charge in [-0.25, -0.2) is 9.97 Å². The van der Waals surface area contributed by atoms with Crippen molar-refractivity contribution in [3.63, 3.8) is 0 Å². The van der Waals surface area contributed by atoms with E-state index in [-0.39, 0.29) is 0 Å². The van der Waals surface area contributed by atoms with Gasteiger partial charge in [-0.1, -0.05) is 20.3 Å². The van der Waals surface area contributed by atoms with Crippen molar-refractivity contribution in [2.75, 3.05) is 24.7 Å². The molecule has 0 bridgehead atoms. The molecule has 0 spiro atoms. The quantitative estimate of drug-likeness (QED) is 0.439. The maximum atomic E-state index is 5.40. The van der Waals surface area contributed by atoms with Crippen LogP contribution in [0.3, 0.4) is 0 Å². The van der Waals surface area contributed by atoms with Gasteiger partial charge in [0.05, 0.1) is 7.11 Å². The average molecular weight is 255 g/mol. The third kappa shape index (κ3) is 4.42. The number of hydrogen-bond acceptors (Lipinski definition) is 5. The Balaban J connectivity index is 2.74. The monoisotopic (exact) mass is 255 g/mol. The van der Waals surface area contributed by atoms with Gasteiger partial charge in [-0.2, -0.15) is 0 Å². The second kappa shape index (κ2) is 8.17. The molecule has 0 atom stereocenters. The summed E-state index contributed by atoms with van der Waals surface area (Å²) in [5.41, 5.74) is 0. The van der Waals surface area contributed by atoms with Crippen LogP contribution in [0.5, 0.6) is 5.75 Å². The summed E-state index contributed by atoms with van der Waals surface area (Å²) in [7, 11) is 1.67. The third-order valence-corrected chi connectivity index (χ3v) is 3.31. The molecule has 0 saturated heterocycles. The lowest BCUT2D eigenvalue weighted by Gasteiger charge is -2.12. The molecule has 5 heteroatoms. The lowest BCUT2D eigenvalue weighted by Crippen LogP contribution is -2.05. The smallest absolute Gasteiger partial charge is 0.193 e. The fraction of sp³-hybridized carbons (Fsp3) is 0.667. The van der Waals surface area contributed by atoms with Crippen molar-refractivity contribution in [1.82, 2.24) is 9.97 Å². The maximum Gasteiger partial charge on any atom is 0.193 e. The molecule has 0 aromatic carbocycles. The number of methoxy groups -OCH3 is 1. The Labute approximate surface area is 108 Å². The van der Waals surface area contributed by atoms with Crippen molar-refractivity contribution in [2.24, 2.45) is 0 Å². The highest BCUT2D eigenvalue weighted by Gasteiger charge is 2.11. The second-order valence-electron chi connectivity index (χ2n) is 3.69. The van der Waals surface area contributed by atoms with Crippen LogP contribution < -0.4 is 10.1 Å². The van der Waals surface area contributed by atoms with Gasteiger partial charge in [-0.05, 0) is 18.6 Å². The van der Waals surface area contributed by atoms with E-state index < -0.39 is 0 Å². The molecular formula is C12H21N3OS. The van der Waals surface area contributed by atoms with Gasteiger partial charge in [0.25, 0.3) is 0 Å². The Kier molecular flexibility index (Phi) is 6.77. The SMILES string of the molecule is CCCCSc1ncnc(NCCC)c1OC. The molecule has 96 valence electrons. The predicted octanol–water partition coefficient (Wildman–Crippen LogP) is 3.20. The molecule has 0 aliphatic carbocycles. The van der Waals surface area contributed by atoms with Gasteiger partial charge < -0.3 is 10.1 Å². The van der Waals surface area contributed by atoms with Gasteiger partial charge in [0, 0.05) is 6.54 Å². The van der Waals surface area contributed by atoms with Crippen molar-refractivity contribution in [3.05, 3.63) is 6.33 Å². The van der Waals surface area contributed by atoms with Crippen LogP contribution in [-0.4, -0.2) is 29.4 Å². The van der Waals surface area contributed by atoms with E-state index in [0.717, 1.165) is 35.3 Å². The number of aromatic nitrogens is 2. The molecule has 0 fully saturated rings. The zero-order chi connectivity index (χ0) is 12.5. The van der Waals surface area contributed by atoms with Gasteiger partial charge in [-0.3, -0.25) is 0 Å². The molecular weight excluding hydrogens is 234 g/mol. The summed E-state index contributed by atoms with van der Waals surface area (Å²) < 4.78 is 5.40. The fourth-order valence-corrected chi connectivity index (χ4v) is 2.39. The Bertz CT molecular complexity index is 334. The van der Waals surface area contributed by atoms with Crippen molar-refractivity contribution in [1.29, 1.82) is 0 Å². The van der Waals surface area contributed by atoms with Gasteiger partial charge >= 0.3 is 0 Å². The first-order chi connectivity index (χ1) is 8.33. The molecule has 0 amide bonds. The number of unbranched alkanes of at least 4 members (excludes halogenated alkanes) is 1. The topological polar surface area (TPSA) is 47.0 Å². The van der Waals surface area contributed by atoms with Gasteiger partial charge in [0.2, 0.25) is 0 Å². The summed E-state index contributed by atoms with van der Waals surface area (Å²) in [6.45, 7) is 5.20. The number of ether oxygens (including phenoxy) is 1. The van der Waals surface area contributed by atoms with E-state index in [1.807, 2.05) is 0 Å². The third-order valence-electron chi connectivity index (χ3n) is 2.25. The lowest BCUT2D eigenvalue weighted by atomic mass is 10.4. The highest BCUT2D eigenvalue weighted by Crippen LogP contribution is 2.32. The van der Waals surface area contributed by atoms with E-state index in [2.05, 4.69) is 29.1 Å². The highest BCUT2D eigenvalue weighted by molar-refractivity contribution is 7.99. The number of nitrogens with one attached hydrogen (secondary N) is 1. The average Bonchev–Trinajstić information content (AvgIpc) is 2.36. The summed E-state index contributed by atoms with van der Waals surface area (Å²) in [6.07, 6.45) is 5.04. The standard InChI is InChI=1S/C12H21N3OS/c1-4-6-8-17-12-10(16-3)11(13-7-5-2)14-9-15-12/h9H,4-8H2,1-3H3,(H,13,14,15). The van der Waals surface area contributed by atoms with Crippen LogP contribution in [0.25, 0.3) is 0 Å². The number of hydrogen-bond donors (Lipinski definition) is 1. The molecule has 1 aromatic rings. The van der Waals surface area contributed by atoms with E-state index in [0.29, 0.717) is 0 Å². The van der Waals surface area contributed by atoms with Crippen LogP contribution in [0.1, 0.15) is 33.1 Å². The molecule has 0 aliphatic heterocycles. The Morgan fingerprint density at radius 1 is 1.29 bits per heavy atom. The van der Waals surface area contributed by atoms with Crippen molar-refractivity contribution in [3.8, 4) is 5.75 Å². The van der Waals surface area contributed by atoms with Crippen molar-refractivity contribution >= 4 is 17.6 Å². The van der Waals surface area contributed by atoms with Gasteiger partial charge in [0.1, 0.15) is 11.4 Å². The van der Waals surface area contributed by atoms with E-state index in [9.17, 15) is 0 Å². The molecule has 1 heterocycles. The Morgan fingerprint density at radius 2 is 2.12 bits per heavy atom. The summed E-state index contributed by atoms with van der Waals surface area (Å²) in [6, 6.07) is 0. The minimum Gasteiger partial charge on any atom is -0.490 e. The van der Waals surface area contributed by atoms with Crippen molar-refractivity contribution < 1.29 is 4.74 Å². The van der Waals surface area contributed by atoms with Crippen LogP contribution in [0, 0.1) is 0 Å². The molecule has 0 radical (unpaired) electrons. The Morgan fingerprint density at radius 3 is 2.76 bits per heavy atom. The summed E-state index contributed by atoms with van der Waals surface area (Å²) in [4.78, 5) is 8.49. The van der Waals surface area contributed by atoms with Crippen LogP contribution >= 0.6 is 11.8 Å². The van der Waals surface area contributed by atoms with E-state index in [1.165, 1.54) is 12.8 Å². The number of anilines is 1. The zero-order valence-electron chi connectivity index (χ0n) is 10.8. The molecule has 17 heavy (non-hydrogen) atoms. The fourth-order valence-electron chi connectivity index (χ4n) is 1.33. The second-order valence-corrected chi connectivity index (χ2v) is 4.77. The summed E-state index contributed by atoms with van der Waals surface area (Å²) in [5, 5.41) is 4.18. The first kappa shape index (κ1) is 14.1. The molecule has 0 saturated carbocycles. The number of nitrogens with zero attached hydrogens (tertiary/aromatic N) is 2.